The van der Waals surface area contributed by atoms with E-state index < -0.39 is 0 Å². The van der Waals surface area contributed by atoms with E-state index in [2.05, 4.69) is 29.4 Å². The molecule has 6 heteroatoms. The quantitative estimate of drug-likeness (QED) is 0.630. The van der Waals surface area contributed by atoms with Gasteiger partial charge in [0.1, 0.15) is 0 Å². The summed E-state index contributed by atoms with van der Waals surface area (Å²) in [6.45, 7) is 0.460. The number of benzene rings is 2. The number of nitrogens with one attached hydrogen (secondary N) is 1. The number of amides is 1. The lowest BCUT2D eigenvalue weighted by Crippen LogP contribution is -2.47. The topological polar surface area (TPSA) is 58.6 Å². The Kier molecular flexibility index (Phi) is 6.35. The van der Waals surface area contributed by atoms with E-state index in [9.17, 15) is 9.59 Å². The highest BCUT2D eigenvalue weighted by atomic mass is 35.5. The van der Waals surface area contributed by atoms with Gasteiger partial charge in [-0.2, -0.15) is 0 Å². The van der Waals surface area contributed by atoms with Gasteiger partial charge in [-0.25, -0.2) is 0 Å². The minimum Gasteiger partial charge on any atom is -0.465 e. The van der Waals surface area contributed by atoms with Gasteiger partial charge in [0.2, 0.25) is 5.91 Å². The second kappa shape index (κ2) is 9.01. The Morgan fingerprint density at radius 3 is 2.32 bits per heavy atom. The molecule has 2 aromatic rings. The molecule has 1 amide bonds. The molecule has 0 spiro atoms. The molecule has 8 rings (SSSR count). The number of carbonyl (C=O) groups is 2. The van der Waals surface area contributed by atoms with Crippen LogP contribution in [0.4, 0.5) is 5.69 Å². The number of ether oxygens (including phenoxy) is 1. The zero-order chi connectivity index (χ0) is 20.7. The van der Waals surface area contributed by atoms with Crippen molar-refractivity contribution in [2.24, 2.45) is 5.92 Å². The van der Waals surface area contributed by atoms with Gasteiger partial charge in [-0.15, -0.1) is 12.4 Å². The molecule has 4 atom stereocenters. The third-order valence-electron chi connectivity index (χ3n) is 7.23. The highest BCUT2D eigenvalue weighted by molar-refractivity contribution is 5.92. The third-order valence-corrected chi connectivity index (χ3v) is 7.23. The summed E-state index contributed by atoms with van der Waals surface area (Å²) in [6, 6.07) is 16.9. The molecular weight excluding hydrogens is 412 g/mol. The SMILES string of the molecule is CN1[C@H]2CC[C@@H]1[C@H]1COC(=O)Cc3ccc(cc3)CC(=O)Nc3ccc(cc3)[C@H]1C2.Cl. The van der Waals surface area contributed by atoms with Crippen molar-refractivity contribution in [2.45, 2.75) is 50.1 Å². The van der Waals surface area contributed by atoms with Gasteiger partial charge >= 0.3 is 5.97 Å². The van der Waals surface area contributed by atoms with Crippen molar-refractivity contribution < 1.29 is 14.3 Å². The van der Waals surface area contributed by atoms with Gasteiger partial charge in [0.15, 0.2) is 0 Å². The number of rotatable bonds is 0. The molecule has 0 saturated carbocycles. The Hall–Kier alpha value is -2.37. The zero-order valence-electron chi connectivity index (χ0n) is 17.8. The molecule has 0 radical (unpaired) electrons. The lowest BCUT2D eigenvalue weighted by Gasteiger charge is -2.43. The lowest BCUT2D eigenvalue weighted by atomic mass is 9.76. The van der Waals surface area contributed by atoms with Crippen molar-refractivity contribution >= 4 is 30.0 Å². The van der Waals surface area contributed by atoms with E-state index in [-0.39, 0.29) is 36.6 Å². The zero-order valence-corrected chi connectivity index (χ0v) is 18.6. The number of piperidine rings is 1. The van der Waals surface area contributed by atoms with E-state index in [0.717, 1.165) is 29.7 Å². The predicted octanol–water partition coefficient (Wildman–Crippen LogP) is 3.96. The third kappa shape index (κ3) is 4.48. The lowest BCUT2D eigenvalue weighted by molar-refractivity contribution is -0.145. The fraction of sp³-hybridized carbons (Fsp3) is 0.440. The Morgan fingerprint density at radius 2 is 1.61 bits per heavy atom. The number of carbonyl (C=O) groups excluding carboxylic acids is 2. The van der Waals surface area contributed by atoms with Crippen molar-refractivity contribution in [1.29, 1.82) is 0 Å². The number of hydrogen-bond acceptors (Lipinski definition) is 4. The number of halogens is 1. The van der Waals surface area contributed by atoms with Crippen LogP contribution in [0.15, 0.2) is 48.5 Å². The van der Waals surface area contributed by atoms with Gasteiger partial charge in [-0.1, -0.05) is 36.4 Å². The fourth-order valence-electron chi connectivity index (χ4n) is 5.57. The first-order chi connectivity index (χ1) is 14.6. The van der Waals surface area contributed by atoms with Gasteiger partial charge in [0, 0.05) is 23.7 Å². The van der Waals surface area contributed by atoms with E-state index in [0.29, 0.717) is 31.0 Å². The first-order valence-electron chi connectivity index (χ1n) is 10.9. The maximum atomic E-state index is 12.6. The van der Waals surface area contributed by atoms with Crippen LogP contribution in [-0.4, -0.2) is 42.5 Å². The van der Waals surface area contributed by atoms with Gasteiger partial charge in [-0.05, 0) is 61.1 Å². The summed E-state index contributed by atoms with van der Waals surface area (Å²) in [6.07, 6.45) is 4.04. The van der Waals surface area contributed by atoms with Crippen LogP contribution in [0, 0.1) is 5.92 Å². The fourth-order valence-corrected chi connectivity index (χ4v) is 5.57. The highest BCUT2D eigenvalue weighted by Crippen LogP contribution is 2.46. The molecule has 6 aliphatic rings. The maximum absolute atomic E-state index is 12.6. The molecule has 164 valence electrons. The van der Waals surface area contributed by atoms with Crippen molar-refractivity contribution in [1.82, 2.24) is 4.90 Å². The largest absolute Gasteiger partial charge is 0.465 e. The van der Waals surface area contributed by atoms with Crippen molar-refractivity contribution in [2.75, 3.05) is 19.0 Å². The summed E-state index contributed by atoms with van der Waals surface area (Å²) in [4.78, 5) is 27.5. The highest BCUT2D eigenvalue weighted by Gasteiger charge is 2.46. The number of nitrogens with zero attached hydrogens (tertiary/aromatic N) is 1. The molecule has 0 aromatic heterocycles. The maximum Gasteiger partial charge on any atom is 0.310 e. The second-order valence-corrected chi connectivity index (χ2v) is 8.99. The molecule has 6 heterocycles. The van der Waals surface area contributed by atoms with Crippen molar-refractivity contribution in [3.05, 3.63) is 65.2 Å². The van der Waals surface area contributed by atoms with E-state index in [1.807, 2.05) is 36.4 Å². The van der Waals surface area contributed by atoms with E-state index in [1.54, 1.807) is 0 Å². The average molecular weight is 441 g/mol. The van der Waals surface area contributed by atoms with E-state index in [4.69, 9.17) is 4.74 Å². The minimum absolute atomic E-state index is 0. The van der Waals surface area contributed by atoms with E-state index in [1.165, 1.54) is 12.0 Å². The molecule has 0 unspecified atom stereocenters. The van der Waals surface area contributed by atoms with Crippen LogP contribution < -0.4 is 5.32 Å². The Labute approximate surface area is 189 Å². The van der Waals surface area contributed by atoms with Gasteiger partial charge in [0.05, 0.1) is 19.4 Å². The monoisotopic (exact) mass is 440 g/mol. The first-order valence-corrected chi connectivity index (χ1v) is 10.9. The standard InChI is InChI=1S/C25H28N2O3.ClH/c1-27-20-10-11-23(27)22-15-30-25(29)13-17-4-2-16(3-5-17)12-24(28)26-19-8-6-18(7-9-19)21(22)14-20;/h2-9,20-23H,10-15H2,1H3,(H,26,28);1H/t20-,21+,22-,23+;/m0./s1. The molecule has 2 fully saturated rings. The van der Waals surface area contributed by atoms with Gasteiger partial charge in [0.25, 0.3) is 0 Å². The Balaban J connectivity index is 0.00000231. The van der Waals surface area contributed by atoms with Crippen molar-refractivity contribution in [3.63, 3.8) is 0 Å². The van der Waals surface area contributed by atoms with Crippen LogP contribution in [0.3, 0.4) is 0 Å². The van der Waals surface area contributed by atoms with Crippen LogP contribution in [0.25, 0.3) is 0 Å². The molecular formula is C25H29ClN2O3. The van der Waals surface area contributed by atoms with Crippen LogP contribution in [-0.2, 0) is 27.2 Å². The minimum atomic E-state index is -0.179. The summed E-state index contributed by atoms with van der Waals surface area (Å²) >= 11 is 0. The molecule has 0 aliphatic carbocycles. The van der Waals surface area contributed by atoms with Crippen LogP contribution >= 0.6 is 12.4 Å². The van der Waals surface area contributed by atoms with Crippen LogP contribution in [0.2, 0.25) is 0 Å². The normalized spacial score (nSPS) is 28.3. The van der Waals surface area contributed by atoms with E-state index >= 15 is 0 Å². The molecule has 2 saturated heterocycles. The number of hydrogen-bond donors (Lipinski definition) is 1. The summed E-state index contributed by atoms with van der Waals surface area (Å²) in [5, 5.41) is 3.00. The summed E-state index contributed by atoms with van der Waals surface area (Å²) < 4.78 is 5.81. The summed E-state index contributed by atoms with van der Waals surface area (Å²) in [5.41, 5.74) is 3.94. The second-order valence-electron chi connectivity index (χ2n) is 8.99. The molecule has 31 heavy (non-hydrogen) atoms. The first kappa shape index (κ1) is 21.8. The Bertz CT molecular complexity index is 944. The molecule has 5 nitrogen and oxygen atoms in total. The van der Waals surface area contributed by atoms with Crippen molar-refractivity contribution in [3.8, 4) is 0 Å². The molecule has 6 bridgehead atoms. The number of fused-ring (bicyclic) bond motifs is 2. The molecule has 2 aromatic carbocycles. The average Bonchev–Trinajstić information content (AvgIpc) is 2.97. The van der Waals surface area contributed by atoms with Gasteiger partial charge < -0.3 is 15.0 Å². The summed E-state index contributed by atoms with van der Waals surface area (Å²) in [7, 11) is 2.21. The molecule has 1 N–H and O–H groups in total. The summed E-state index contributed by atoms with van der Waals surface area (Å²) in [5.74, 6) is 0.443. The number of anilines is 1. The van der Waals surface area contributed by atoms with Gasteiger partial charge in [-0.3, -0.25) is 9.59 Å². The van der Waals surface area contributed by atoms with Crippen LogP contribution in [0.5, 0.6) is 0 Å². The predicted molar refractivity (Wildman–Crippen MR) is 123 cm³/mol. The van der Waals surface area contributed by atoms with Crippen LogP contribution in [0.1, 0.15) is 41.9 Å². The smallest absolute Gasteiger partial charge is 0.310 e. The number of esters is 1. The molecule has 6 aliphatic heterocycles. The Morgan fingerprint density at radius 1 is 0.935 bits per heavy atom.